The molecule has 4 unspecified atom stereocenters. The first-order valence-electron chi connectivity index (χ1n) is 8.03. The molecular weight excluding hydrogens is 314 g/mol. The smallest absolute Gasteiger partial charge is 0.315 e. The average molecular weight is 336 g/mol. The van der Waals surface area contributed by atoms with E-state index >= 15 is 0 Å². The van der Waals surface area contributed by atoms with Gasteiger partial charge in [-0.1, -0.05) is 30.7 Å². The standard InChI is InChI=1S/C17H22ClN3O2/c1-10-9-13(10)15(11-3-5-12(18)6-4-11)20-17(23)19-14-7-8-21(2)16(14)22/h3-6,10,13-15H,7-9H2,1-2H3,(H2,19,20,23). The van der Waals surface area contributed by atoms with Crippen molar-refractivity contribution >= 4 is 23.5 Å². The Kier molecular flexibility index (Phi) is 4.48. The summed E-state index contributed by atoms with van der Waals surface area (Å²) in [6, 6.07) is 6.84. The number of halogens is 1. The number of hydrogen-bond acceptors (Lipinski definition) is 2. The van der Waals surface area contributed by atoms with Crippen LogP contribution in [0.3, 0.4) is 0 Å². The predicted molar refractivity (Wildman–Crippen MR) is 89.2 cm³/mol. The molecule has 23 heavy (non-hydrogen) atoms. The van der Waals surface area contributed by atoms with E-state index in [-0.39, 0.29) is 18.0 Å². The minimum atomic E-state index is -0.414. The Morgan fingerprint density at radius 3 is 2.52 bits per heavy atom. The third-order valence-corrected chi connectivity index (χ3v) is 5.10. The largest absolute Gasteiger partial charge is 0.344 e. The number of amides is 3. The maximum Gasteiger partial charge on any atom is 0.315 e. The number of nitrogens with one attached hydrogen (secondary N) is 2. The minimum absolute atomic E-state index is 0.0250. The van der Waals surface area contributed by atoms with Crippen LogP contribution in [-0.2, 0) is 4.79 Å². The van der Waals surface area contributed by atoms with E-state index in [9.17, 15) is 9.59 Å². The molecular formula is C17H22ClN3O2. The van der Waals surface area contributed by atoms with E-state index in [4.69, 9.17) is 11.6 Å². The van der Waals surface area contributed by atoms with Crippen molar-refractivity contribution in [3.63, 3.8) is 0 Å². The molecule has 3 amide bonds. The fraction of sp³-hybridized carbons (Fsp3) is 0.529. The maximum absolute atomic E-state index is 12.3. The lowest BCUT2D eigenvalue weighted by molar-refractivity contribution is -0.128. The van der Waals surface area contributed by atoms with Gasteiger partial charge in [0, 0.05) is 18.6 Å². The van der Waals surface area contributed by atoms with Crippen LogP contribution in [0.2, 0.25) is 5.02 Å². The Morgan fingerprint density at radius 2 is 2.00 bits per heavy atom. The van der Waals surface area contributed by atoms with Gasteiger partial charge in [-0.15, -0.1) is 0 Å². The molecule has 0 aromatic heterocycles. The summed E-state index contributed by atoms with van der Waals surface area (Å²) < 4.78 is 0. The quantitative estimate of drug-likeness (QED) is 0.888. The highest BCUT2D eigenvalue weighted by Gasteiger charge is 2.41. The fourth-order valence-corrected chi connectivity index (χ4v) is 3.35. The summed E-state index contributed by atoms with van der Waals surface area (Å²) in [6.07, 6.45) is 1.76. The predicted octanol–water partition coefficient (Wildman–Crippen LogP) is 2.57. The Hall–Kier alpha value is -1.75. The zero-order valence-electron chi connectivity index (χ0n) is 13.4. The lowest BCUT2D eigenvalue weighted by atomic mass is 10.0. The van der Waals surface area contributed by atoms with E-state index < -0.39 is 6.04 Å². The van der Waals surface area contributed by atoms with Crippen molar-refractivity contribution in [2.24, 2.45) is 11.8 Å². The van der Waals surface area contributed by atoms with Crippen LogP contribution in [-0.4, -0.2) is 36.5 Å². The second-order valence-electron chi connectivity index (χ2n) is 6.62. The highest BCUT2D eigenvalue weighted by atomic mass is 35.5. The summed E-state index contributed by atoms with van der Waals surface area (Å²) >= 11 is 5.95. The van der Waals surface area contributed by atoms with Crippen molar-refractivity contribution < 1.29 is 9.59 Å². The van der Waals surface area contributed by atoms with Crippen LogP contribution in [0.5, 0.6) is 0 Å². The van der Waals surface area contributed by atoms with Crippen LogP contribution in [0, 0.1) is 11.8 Å². The molecule has 4 atom stereocenters. The summed E-state index contributed by atoms with van der Waals surface area (Å²) in [5.41, 5.74) is 1.05. The molecule has 1 aromatic carbocycles. The summed E-state index contributed by atoms with van der Waals surface area (Å²) in [5.74, 6) is 1.00. The second kappa shape index (κ2) is 6.40. The third kappa shape index (κ3) is 3.61. The first-order chi connectivity index (χ1) is 11.0. The molecule has 2 aliphatic rings. The Morgan fingerprint density at radius 1 is 1.35 bits per heavy atom. The number of nitrogens with zero attached hydrogens (tertiary/aromatic N) is 1. The highest BCUT2D eigenvalue weighted by molar-refractivity contribution is 6.30. The molecule has 0 radical (unpaired) electrons. The maximum atomic E-state index is 12.3. The molecule has 2 fully saturated rings. The number of carbonyl (C=O) groups is 2. The Labute approximate surface area is 141 Å². The average Bonchev–Trinajstić information content (AvgIpc) is 3.17. The van der Waals surface area contributed by atoms with Gasteiger partial charge in [-0.25, -0.2) is 4.79 Å². The van der Waals surface area contributed by atoms with Crippen LogP contribution in [0.4, 0.5) is 4.79 Å². The van der Waals surface area contributed by atoms with Crippen molar-refractivity contribution in [1.29, 1.82) is 0 Å². The van der Waals surface area contributed by atoms with E-state index in [0.29, 0.717) is 29.8 Å². The normalized spacial score (nSPS) is 27.7. The van der Waals surface area contributed by atoms with E-state index in [1.165, 1.54) is 0 Å². The molecule has 124 valence electrons. The molecule has 1 aromatic rings. The Balaban J connectivity index is 1.65. The van der Waals surface area contributed by atoms with Gasteiger partial charge in [0.1, 0.15) is 6.04 Å². The van der Waals surface area contributed by atoms with Crippen LogP contribution in [0.1, 0.15) is 31.4 Å². The number of rotatable bonds is 4. The number of hydrogen-bond donors (Lipinski definition) is 2. The van der Waals surface area contributed by atoms with Crippen molar-refractivity contribution in [1.82, 2.24) is 15.5 Å². The van der Waals surface area contributed by atoms with Crippen molar-refractivity contribution in [2.75, 3.05) is 13.6 Å². The lowest BCUT2D eigenvalue weighted by Crippen LogP contribution is -2.47. The van der Waals surface area contributed by atoms with Gasteiger partial charge >= 0.3 is 6.03 Å². The summed E-state index contributed by atoms with van der Waals surface area (Å²) in [5, 5.41) is 6.53. The molecule has 1 aliphatic carbocycles. The summed E-state index contributed by atoms with van der Waals surface area (Å²) in [4.78, 5) is 25.9. The number of likely N-dealkylation sites (tertiary alicyclic amines) is 1. The van der Waals surface area contributed by atoms with Crippen molar-refractivity contribution in [3.8, 4) is 0 Å². The zero-order valence-corrected chi connectivity index (χ0v) is 14.1. The van der Waals surface area contributed by atoms with Gasteiger partial charge in [0.15, 0.2) is 0 Å². The van der Waals surface area contributed by atoms with Crippen LogP contribution < -0.4 is 10.6 Å². The molecule has 0 bridgehead atoms. The van der Waals surface area contributed by atoms with E-state index in [2.05, 4.69) is 17.6 Å². The molecule has 2 N–H and O–H groups in total. The number of benzene rings is 1. The molecule has 1 heterocycles. The van der Waals surface area contributed by atoms with Gasteiger partial charge in [-0.05, 0) is 42.4 Å². The summed E-state index contributed by atoms with van der Waals surface area (Å²) in [6.45, 7) is 2.87. The van der Waals surface area contributed by atoms with Gasteiger partial charge < -0.3 is 15.5 Å². The van der Waals surface area contributed by atoms with Gasteiger partial charge in [0.25, 0.3) is 0 Å². The van der Waals surface area contributed by atoms with Crippen LogP contribution in [0.25, 0.3) is 0 Å². The first kappa shape index (κ1) is 16.1. The van der Waals surface area contributed by atoms with Crippen LogP contribution >= 0.6 is 11.6 Å². The molecule has 0 spiro atoms. The molecule has 6 heteroatoms. The Bertz CT molecular complexity index is 604. The number of carbonyl (C=O) groups excluding carboxylic acids is 2. The monoisotopic (exact) mass is 335 g/mol. The molecule has 3 rings (SSSR count). The second-order valence-corrected chi connectivity index (χ2v) is 7.06. The highest BCUT2D eigenvalue weighted by Crippen LogP contribution is 2.47. The minimum Gasteiger partial charge on any atom is -0.344 e. The van der Waals surface area contributed by atoms with Gasteiger partial charge in [0.05, 0.1) is 6.04 Å². The van der Waals surface area contributed by atoms with Gasteiger partial charge in [-0.3, -0.25) is 4.79 Å². The zero-order chi connectivity index (χ0) is 16.6. The van der Waals surface area contributed by atoms with Gasteiger partial charge in [0.2, 0.25) is 5.91 Å². The molecule has 5 nitrogen and oxygen atoms in total. The fourth-order valence-electron chi connectivity index (χ4n) is 3.22. The third-order valence-electron chi connectivity index (χ3n) is 4.85. The molecule has 1 saturated carbocycles. The number of urea groups is 1. The first-order valence-corrected chi connectivity index (χ1v) is 8.41. The van der Waals surface area contributed by atoms with Gasteiger partial charge in [-0.2, -0.15) is 0 Å². The van der Waals surface area contributed by atoms with E-state index in [0.717, 1.165) is 12.0 Å². The van der Waals surface area contributed by atoms with Crippen LogP contribution in [0.15, 0.2) is 24.3 Å². The SMILES string of the molecule is CC1CC1C(NC(=O)NC1CCN(C)C1=O)c1ccc(Cl)cc1. The molecule has 1 saturated heterocycles. The topological polar surface area (TPSA) is 61.4 Å². The number of likely N-dealkylation sites (N-methyl/N-ethyl adjacent to an activating group) is 1. The molecule has 1 aliphatic heterocycles. The lowest BCUT2D eigenvalue weighted by Gasteiger charge is -2.21. The van der Waals surface area contributed by atoms with Crippen molar-refractivity contribution in [3.05, 3.63) is 34.9 Å². The van der Waals surface area contributed by atoms with E-state index in [1.54, 1.807) is 11.9 Å². The summed E-state index contributed by atoms with van der Waals surface area (Å²) in [7, 11) is 1.75. The van der Waals surface area contributed by atoms with Crippen molar-refractivity contribution in [2.45, 2.75) is 31.8 Å². The van der Waals surface area contributed by atoms with E-state index in [1.807, 2.05) is 24.3 Å².